The van der Waals surface area contributed by atoms with Gasteiger partial charge in [-0.25, -0.2) is 9.59 Å². The lowest BCUT2D eigenvalue weighted by Crippen LogP contribution is -2.11. The minimum atomic E-state index is -1.18. The molecule has 2 aromatic rings. The second-order valence-electron chi connectivity index (χ2n) is 5.12. The summed E-state index contributed by atoms with van der Waals surface area (Å²) in [6.45, 7) is 0. The van der Waals surface area contributed by atoms with Crippen LogP contribution in [0.1, 0.15) is 44.1 Å². The molecule has 24 heavy (non-hydrogen) atoms. The lowest BCUT2D eigenvalue weighted by molar-refractivity contribution is 0.0172. The third-order valence-corrected chi connectivity index (χ3v) is 3.65. The van der Waals surface area contributed by atoms with Gasteiger partial charge in [0.25, 0.3) is 0 Å². The Hall–Kier alpha value is -2.70. The van der Waals surface area contributed by atoms with E-state index in [0.717, 1.165) is 0 Å². The zero-order valence-corrected chi connectivity index (χ0v) is 13.3. The number of hydrogen-bond acceptors (Lipinski definition) is 6. The van der Waals surface area contributed by atoms with Crippen molar-refractivity contribution in [2.75, 3.05) is 14.2 Å². The molecule has 0 radical (unpaired) electrons. The van der Waals surface area contributed by atoms with Gasteiger partial charge in [-0.1, -0.05) is 24.3 Å². The van der Waals surface area contributed by atoms with Crippen LogP contribution in [0.15, 0.2) is 48.5 Å². The van der Waals surface area contributed by atoms with Crippen LogP contribution in [-0.4, -0.2) is 36.4 Å². The Morgan fingerprint density at radius 2 is 1.00 bits per heavy atom. The number of rotatable bonds is 5. The van der Waals surface area contributed by atoms with E-state index in [9.17, 15) is 19.8 Å². The van der Waals surface area contributed by atoms with Crippen molar-refractivity contribution in [3.8, 4) is 0 Å². The van der Waals surface area contributed by atoms with Crippen molar-refractivity contribution in [2.24, 2.45) is 0 Å². The summed E-state index contributed by atoms with van der Waals surface area (Å²) in [5.41, 5.74) is 1.61. The molecule has 0 fully saturated rings. The molecule has 0 saturated carbocycles. The minimum absolute atomic E-state index is 0.352. The first-order chi connectivity index (χ1) is 11.5. The van der Waals surface area contributed by atoms with Crippen LogP contribution in [0.5, 0.6) is 0 Å². The first kappa shape index (κ1) is 17.7. The van der Waals surface area contributed by atoms with Gasteiger partial charge in [-0.05, 0) is 35.4 Å². The highest BCUT2D eigenvalue weighted by molar-refractivity contribution is 5.89. The maximum Gasteiger partial charge on any atom is 0.337 e. The van der Waals surface area contributed by atoms with E-state index in [1.54, 1.807) is 24.3 Å². The second kappa shape index (κ2) is 7.72. The lowest BCUT2D eigenvalue weighted by atomic mass is 9.97. The van der Waals surface area contributed by atoms with Gasteiger partial charge in [0.05, 0.1) is 25.3 Å². The first-order valence-corrected chi connectivity index (χ1v) is 7.20. The molecular weight excluding hydrogens is 312 g/mol. The number of methoxy groups -OCH3 is 2. The van der Waals surface area contributed by atoms with Crippen LogP contribution in [-0.2, 0) is 9.47 Å². The average molecular weight is 330 g/mol. The van der Waals surface area contributed by atoms with Crippen molar-refractivity contribution < 1.29 is 29.3 Å². The molecule has 2 aromatic carbocycles. The van der Waals surface area contributed by atoms with E-state index in [-0.39, 0.29) is 0 Å². The van der Waals surface area contributed by atoms with E-state index in [1.165, 1.54) is 38.5 Å². The van der Waals surface area contributed by atoms with Crippen LogP contribution in [0.2, 0.25) is 0 Å². The number of esters is 2. The smallest absolute Gasteiger partial charge is 0.337 e. The standard InChI is InChI=1S/C18H18O6/c1-23-17(21)13-7-3-11(4-8-13)15(19)16(20)12-5-9-14(10-6-12)18(22)24-2/h3-10,15-16,19-20H,1-2H3/t15-,16-/m1/s1. The fourth-order valence-electron chi connectivity index (χ4n) is 2.23. The molecule has 0 aliphatic heterocycles. The van der Waals surface area contributed by atoms with Crippen LogP contribution in [0.4, 0.5) is 0 Å². The molecule has 0 aliphatic carbocycles. The van der Waals surface area contributed by atoms with Gasteiger partial charge >= 0.3 is 11.9 Å². The van der Waals surface area contributed by atoms with Gasteiger partial charge in [-0.15, -0.1) is 0 Å². The average Bonchev–Trinajstić information content (AvgIpc) is 2.65. The Labute approximate surface area is 139 Å². The molecule has 6 heteroatoms. The van der Waals surface area contributed by atoms with Crippen molar-refractivity contribution in [3.05, 3.63) is 70.8 Å². The Morgan fingerprint density at radius 3 is 1.25 bits per heavy atom. The summed E-state index contributed by atoms with van der Waals surface area (Å²) < 4.78 is 9.21. The van der Waals surface area contributed by atoms with Crippen molar-refractivity contribution >= 4 is 11.9 Å². The highest BCUT2D eigenvalue weighted by Gasteiger charge is 2.21. The third kappa shape index (κ3) is 3.79. The zero-order chi connectivity index (χ0) is 17.7. The highest BCUT2D eigenvalue weighted by Crippen LogP contribution is 2.29. The summed E-state index contributed by atoms with van der Waals surface area (Å²) >= 11 is 0. The van der Waals surface area contributed by atoms with E-state index in [2.05, 4.69) is 9.47 Å². The molecule has 2 atom stereocenters. The largest absolute Gasteiger partial charge is 0.465 e. The monoisotopic (exact) mass is 330 g/mol. The number of benzene rings is 2. The summed E-state index contributed by atoms with van der Waals surface area (Å²) in [5.74, 6) is -0.954. The van der Waals surface area contributed by atoms with Gasteiger partial charge in [0, 0.05) is 0 Å². The van der Waals surface area contributed by atoms with E-state index in [0.29, 0.717) is 22.3 Å². The fraction of sp³-hybridized carbons (Fsp3) is 0.222. The quantitative estimate of drug-likeness (QED) is 0.815. The maximum absolute atomic E-state index is 11.4. The Balaban J connectivity index is 2.15. The normalized spacial score (nSPS) is 13.0. The van der Waals surface area contributed by atoms with Crippen LogP contribution >= 0.6 is 0 Å². The van der Waals surface area contributed by atoms with Crippen molar-refractivity contribution in [2.45, 2.75) is 12.2 Å². The summed E-state index contributed by atoms with van der Waals surface area (Å²) in [4.78, 5) is 22.8. The van der Waals surface area contributed by atoms with E-state index < -0.39 is 24.1 Å². The summed E-state index contributed by atoms with van der Waals surface area (Å²) in [5, 5.41) is 20.6. The number of carbonyl (C=O) groups excluding carboxylic acids is 2. The topological polar surface area (TPSA) is 93.1 Å². The molecule has 0 aromatic heterocycles. The molecular formula is C18H18O6. The highest BCUT2D eigenvalue weighted by atomic mass is 16.5. The molecule has 0 spiro atoms. The van der Waals surface area contributed by atoms with Crippen LogP contribution in [0, 0.1) is 0 Å². The zero-order valence-electron chi connectivity index (χ0n) is 13.3. The van der Waals surface area contributed by atoms with E-state index in [1.807, 2.05) is 0 Å². The minimum Gasteiger partial charge on any atom is -0.465 e. The van der Waals surface area contributed by atoms with Crippen molar-refractivity contribution in [1.82, 2.24) is 0 Å². The molecule has 0 bridgehead atoms. The molecule has 0 amide bonds. The fourth-order valence-corrected chi connectivity index (χ4v) is 2.23. The third-order valence-electron chi connectivity index (χ3n) is 3.65. The molecule has 2 rings (SSSR count). The summed E-state index contributed by atoms with van der Waals surface area (Å²) in [6.07, 6.45) is -2.36. The van der Waals surface area contributed by atoms with Crippen LogP contribution < -0.4 is 0 Å². The number of hydrogen-bond donors (Lipinski definition) is 2. The number of carbonyl (C=O) groups is 2. The number of aliphatic hydroxyl groups is 2. The van der Waals surface area contributed by atoms with Crippen LogP contribution in [0.3, 0.4) is 0 Å². The molecule has 0 unspecified atom stereocenters. The van der Waals surface area contributed by atoms with Gasteiger partial charge in [-0.3, -0.25) is 0 Å². The molecule has 0 aliphatic rings. The first-order valence-electron chi connectivity index (χ1n) is 7.20. The summed E-state index contributed by atoms with van der Waals surface area (Å²) in [6, 6.07) is 12.2. The van der Waals surface area contributed by atoms with Crippen molar-refractivity contribution in [1.29, 1.82) is 0 Å². The van der Waals surface area contributed by atoms with E-state index in [4.69, 9.17) is 0 Å². The predicted octanol–water partition coefficient (Wildman–Crippen LogP) is 2.03. The molecule has 0 saturated heterocycles. The van der Waals surface area contributed by atoms with E-state index >= 15 is 0 Å². The van der Waals surface area contributed by atoms with Gasteiger partial charge in [-0.2, -0.15) is 0 Å². The SMILES string of the molecule is COC(=O)c1ccc([C@@H](O)[C@H](O)c2ccc(C(=O)OC)cc2)cc1. The lowest BCUT2D eigenvalue weighted by Gasteiger charge is -2.19. The van der Waals surface area contributed by atoms with Gasteiger partial charge < -0.3 is 19.7 Å². The Kier molecular flexibility index (Phi) is 5.68. The number of aliphatic hydroxyl groups excluding tert-OH is 2. The number of ether oxygens (including phenoxy) is 2. The summed E-state index contributed by atoms with van der Waals surface area (Å²) in [7, 11) is 2.57. The molecule has 0 heterocycles. The van der Waals surface area contributed by atoms with Crippen molar-refractivity contribution in [3.63, 3.8) is 0 Å². The van der Waals surface area contributed by atoms with Crippen LogP contribution in [0.25, 0.3) is 0 Å². The van der Waals surface area contributed by atoms with Gasteiger partial charge in [0.2, 0.25) is 0 Å². The second-order valence-corrected chi connectivity index (χ2v) is 5.12. The Morgan fingerprint density at radius 1 is 0.708 bits per heavy atom. The predicted molar refractivity (Wildman–Crippen MR) is 85.5 cm³/mol. The maximum atomic E-state index is 11.4. The van der Waals surface area contributed by atoms with Gasteiger partial charge in [0.15, 0.2) is 0 Å². The Bertz CT molecular complexity index is 642. The van der Waals surface area contributed by atoms with Gasteiger partial charge in [0.1, 0.15) is 12.2 Å². The molecule has 2 N–H and O–H groups in total. The molecule has 126 valence electrons. The molecule has 6 nitrogen and oxygen atoms in total.